The van der Waals surface area contributed by atoms with Crippen LogP contribution < -0.4 is 0 Å². The van der Waals surface area contributed by atoms with Gasteiger partial charge in [-0.05, 0) is 51.4 Å². The van der Waals surface area contributed by atoms with Gasteiger partial charge in [-0.25, -0.2) is 4.79 Å². The Morgan fingerprint density at radius 2 is 1.85 bits per heavy atom. The second-order valence-corrected chi connectivity index (χ2v) is 7.01. The molecule has 5 nitrogen and oxygen atoms in total. The molecule has 1 unspecified atom stereocenters. The molecule has 1 atom stereocenters. The van der Waals surface area contributed by atoms with Crippen LogP contribution in [-0.2, 0) is 14.3 Å². The maximum atomic E-state index is 12.0. The van der Waals surface area contributed by atoms with Gasteiger partial charge in [0.2, 0.25) is 0 Å². The topological polar surface area (TPSA) is 55.8 Å². The molecule has 0 aromatic carbocycles. The third-order valence-electron chi connectivity index (χ3n) is 4.41. The number of hydrogen-bond donors (Lipinski definition) is 0. The average molecular weight is 283 g/mol. The van der Waals surface area contributed by atoms with E-state index in [1.807, 2.05) is 20.8 Å². The molecule has 0 aromatic rings. The third-order valence-corrected chi connectivity index (χ3v) is 4.41. The minimum atomic E-state index is -0.445. The lowest BCUT2D eigenvalue weighted by molar-refractivity contribution is -0.141. The number of ether oxygens (including phenoxy) is 2. The van der Waals surface area contributed by atoms with Gasteiger partial charge in [0.05, 0.1) is 7.11 Å². The number of hydrogen-bond acceptors (Lipinski definition) is 4. The molecule has 1 aliphatic carbocycles. The van der Waals surface area contributed by atoms with Crippen molar-refractivity contribution in [2.75, 3.05) is 20.2 Å². The van der Waals surface area contributed by atoms with Crippen molar-refractivity contribution in [2.24, 2.45) is 11.3 Å². The van der Waals surface area contributed by atoms with Gasteiger partial charge in [0.15, 0.2) is 0 Å². The van der Waals surface area contributed by atoms with Crippen LogP contribution >= 0.6 is 0 Å². The van der Waals surface area contributed by atoms with Crippen molar-refractivity contribution in [3.63, 3.8) is 0 Å². The van der Waals surface area contributed by atoms with E-state index in [-0.39, 0.29) is 17.5 Å². The molecule has 2 rings (SSSR count). The first-order valence-electron chi connectivity index (χ1n) is 7.30. The van der Waals surface area contributed by atoms with E-state index in [1.165, 1.54) is 7.11 Å². The second kappa shape index (κ2) is 5.26. The Labute approximate surface area is 120 Å². The number of likely N-dealkylation sites (tertiary alicyclic amines) is 1. The van der Waals surface area contributed by atoms with Crippen LogP contribution in [0.15, 0.2) is 0 Å². The fraction of sp³-hybridized carbons (Fsp3) is 0.867. The Hall–Kier alpha value is -1.26. The quantitative estimate of drug-likeness (QED) is 0.731. The summed E-state index contributed by atoms with van der Waals surface area (Å²) < 4.78 is 10.1. The molecule has 20 heavy (non-hydrogen) atoms. The molecule has 114 valence electrons. The first kappa shape index (κ1) is 15.1. The summed E-state index contributed by atoms with van der Waals surface area (Å²) in [5.74, 6) is 0.317. The van der Waals surface area contributed by atoms with E-state index in [0.29, 0.717) is 12.3 Å². The highest BCUT2D eigenvalue weighted by atomic mass is 16.6. The molecule has 0 N–H and O–H groups in total. The Bertz CT molecular complexity index is 391. The second-order valence-electron chi connectivity index (χ2n) is 7.01. The van der Waals surface area contributed by atoms with Crippen molar-refractivity contribution in [1.82, 2.24) is 4.90 Å². The molecule has 1 heterocycles. The highest BCUT2D eigenvalue weighted by Gasteiger charge is 2.55. The number of nitrogens with zero attached hydrogens (tertiary/aromatic N) is 1. The molecule has 1 aliphatic heterocycles. The largest absolute Gasteiger partial charge is 0.469 e. The summed E-state index contributed by atoms with van der Waals surface area (Å²) in [7, 11) is 1.43. The van der Waals surface area contributed by atoms with Crippen LogP contribution in [0.4, 0.5) is 4.79 Å². The number of methoxy groups -OCH3 is 1. The van der Waals surface area contributed by atoms with Crippen LogP contribution in [0.5, 0.6) is 0 Å². The van der Waals surface area contributed by atoms with Gasteiger partial charge >= 0.3 is 12.1 Å². The van der Waals surface area contributed by atoms with Crippen molar-refractivity contribution in [3.8, 4) is 0 Å². The monoisotopic (exact) mass is 283 g/mol. The van der Waals surface area contributed by atoms with E-state index < -0.39 is 5.60 Å². The lowest BCUT2D eigenvalue weighted by Gasteiger charge is -2.34. The van der Waals surface area contributed by atoms with Crippen LogP contribution in [0.25, 0.3) is 0 Å². The van der Waals surface area contributed by atoms with Crippen LogP contribution in [0.1, 0.15) is 46.5 Å². The minimum Gasteiger partial charge on any atom is -0.469 e. The van der Waals surface area contributed by atoms with Gasteiger partial charge < -0.3 is 14.4 Å². The molecular weight excluding hydrogens is 258 g/mol. The predicted octanol–water partition coefficient (Wildman–Crippen LogP) is 2.59. The average Bonchev–Trinajstić information content (AvgIpc) is 2.99. The molecule has 1 saturated heterocycles. The molecular formula is C15H25NO4. The molecule has 0 bridgehead atoms. The molecule has 0 radical (unpaired) electrons. The summed E-state index contributed by atoms with van der Waals surface area (Å²) in [6.45, 7) is 7.09. The zero-order valence-corrected chi connectivity index (χ0v) is 12.9. The number of amides is 1. The lowest BCUT2D eigenvalue weighted by atomic mass is 9.90. The summed E-state index contributed by atoms with van der Waals surface area (Å²) in [6.07, 6.45) is 3.31. The van der Waals surface area contributed by atoms with Crippen molar-refractivity contribution in [3.05, 3.63) is 0 Å². The van der Waals surface area contributed by atoms with E-state index in [2.05, 4.69) is 0 Å². The normalized spacial score (nSPS) is 24.4. The van der Waals surface area contributed by atoms with Gasteiger partial charge in [0.1, 0.15) is 5.60 Å². The maximum absolute atomic E-state index is 12.0. The van der Waals surface area contributed by atoms with Gasteiger partial charge in [-0.2, -0.15) is 0 Å². The summed E-state index contributed by atoms with van der Waals surface area (Å²) in [6, 6.07) is 0. The number of piperidine rings is 1. The number of carbonyl (C=O) groups excluding carboxylic acids is 2. The molecule has 1 amide bonds. The van der Waals surface area contributed by atoms with Gasteiger partial charge in [-0.3, -0.25) is 4.79 Å². The van der Waals surface area contributed by atoms with E-state index in [9.17, 15) is 9.59 Å². The summed E-state index contributed by atoms with van der Waals surface area (Å²) >= 11 is 0. The van der Waals surface area contributed by atoms with E-state index in [0.717, 1.165) is 32.4 Å². The number of rotatable bonds is 2. The summed E-state index contributed by atoms with van der Waals surface area (Å²) in [5, 5.41) is 0. The first-order valence-corrected chi connectivity index (χ1v) is 7.30. The van der Waals surface area contributed by atoms with Crippen molar-refractivity contribution in [2.45, 2.75) is 52.1 Å². The van der Waals surface area contributed by atoms with Gasteiger partial charge in [-0.15, -0.1) is 0 Å². The minimum absolute atomic E-state index is 0.124. The number of carbonyl (C=O) groups is 2. The standard InChI is InChI=1S/C15H25NO4/c1-14(2,3)20-13(18)16-7-5-15(6-8-16)10-11(15)9-12(17)19-4/h11H,5-10H2,1-4H3. The molecule has 2 aliphatic rings. The molecule has 1 saturated carbocycles. The Morgan fingerprint density at radius 3 is 2.35 bits per heavy atom. The van der Waals surface area contributed by atoms with Crippen molar-refractivity contribution >= 4 is 12.1 Å². The third kappa shape index (κ3) is 3.44. The van der Waals surface area contributed by atoms with Crippen LogP contribution in [0.3, 0.4) is 0 Å². The Balaban J connectivity index is 1.79. The van der Waals surface area contributed by atoms with E-state index in [4.69, 9.17) is 9.47 Å². The van der Waals surface area contributed by atoms with Crippen LogP contribution in [-0.4, -0.2) is 42.8 Å². The summed E-state index contributed by atoms with van der Waals surface area (Å²) in [5.41, 5.74) is -0.175. The Morgan fingerprint density at radius 1 is 1.25 bits per heavy atom. The summed E-state index contributed by atoms with van der Waals surface area (Å²) in [4.78, 5) is 25.1. The highest BCUT2D eigenvalue weighted by Crippen LogP contribution is 2.61. The zero-order valence-electron chi connectivity index (χ0n) is 12.9. The maximum Gasteiger partial charge on any atom is 0.410 e. The van der Waals surface area contributed by atoms with Gasteiger partial charge in [0, 0.05) is 19.5 Å². The fourth-order valence-electron chi connectivity index (χ4n) is 3.08. The molecule has 0 aromatic heterocycles. The molecule has 1 spiro atoms. The van der Waals surface area contributed by atoms with E-state index >= 15 is 0 Å². The lowest BCUT2D eigenvalue weighted by Crippen LogP contribution is -2.42. The fourth-order valence-corrected chi connectivity index (χ4v) is 3.08. The van der Waals surface area contributed by atoms with Gasteiger partial charge in [0.25, 0.3) is 0 Å². The molecule has 2 fully saturated rings. The number of esters is 1. The van der Waals surface area contributed by atoms with Crippen LogP contribution in [0.2, 0.25) is 0 Å². The van der Waals surface area contributed by atoms with Crippen molar-refractivity contribution < 1.29 is 19.1 Å². The first-order chi connectivity index (χ1) is 9.26. The van der Waals surface area contributed by atoms with Crippen LogP contribution in [0, 0.1) is 11.3 Å². The molecule has 5 heteroatoms. The predicted molar refractivity (Wildman–Crippen MR) is 74.2 cm³/mol. The van der Waals surface area contributed by atoms with E-state index in [1.54, 1.807) is 4.90 Å². The van der Waals surface area contributed by atoms with Gasteiger partial charge in [-0.1, -0.05) is 0 Å². The smallest absolute Gasteiger partial charge is 0.410 e. The SMILES string of the molecule is COC(=O)CC1CC12CCN(C(=O)OC(C)(C)C)CC2. The highest BCUT2D eigenvalue weighted by molar-refractivity contribution is 5.70. The van der Waals surface area contributed by atoms with Crippen molar-refractivity contribution in [1.29, 1.82) is 0 Å². The zero-order chi connectivity index (χ0) is 15.0. The Kier molecular flexibility index (Phi) is 3.98.